The van der Waals surface area contributed by atoms with Crippen LogP contribution >= 0.6 is 0 Å². The maximum atomic E-state index is 13.4. The summed E-state index contributed by atoms with van der Waals surface area (Å²) in [5, 5.41) is 13.5. The highest BCUT2D eigenvalue weighted by molar-refractivity contribution is 5.94. The van der Waals surface area contributed by atoms with E-state index in [1.54, 1.807) is 36.0 Å². The first-order valence-electron chi connectivity index (χ1n) is 13.3. The number of hydrogen-bond donors (Lipinski definition) is 3. The number of amides is 2. The lowest BCUT2D eigenvalue weighted by atomic mass is 9.99. The summed E-state index contributed by atoms with van der Waals surface area (Å²) in [5.41, 5.74) is -0.983. The first-order valence-corrected chi connectivity index (χ1v) is 13.3. The van der Waals surface area contributed by atoms with Gasteiger partial charge in [0.25, 0.3) is 11.5 Å². The van der Waals surface area contributed by atoms with E-state index in [-0.39, 0.29) is 60.9 Å². The summed E-state index contributed by atoms with van der Waals surface area (Å²) in [6.45, 7) is 0.309. The average Bonchev–Trinajstić information content (AvgIpc) is 3.86. The molecule has 2 aliphatic carbocycles. The minimum Gasteiger partial charge on any atom is -0.385 e. The molecule has 0 atom stereocenters. The number of halogens is 3. The van der Waals surface area contributed by atoms with Crippen LogP contribution < -0.4 is 21.5 Å². The topological polar surface area (TPSA) is 126 Å². The number of nitrogens with zero attached hydrogens (tertiary/aromatic N) is 5. The van der Waals surface area contributed by atoms with E-state index in [4.69, 9.17) is 0 Å². The second kappa shape index (κ2) is 9.52. The highest BCUT2D eigenvalue weighted by Gasteiger charge is 2.69. The zero-order valence-electron chi connectivity index (χ0n) is 21.8. The van der Waals surface area contributed by atoms with Crippen LogP contribution in [0.5, 0.6) is 0 Å². The smallest absolute Gasteiger partial charge is 0.385 e. The zero-order valence-corrected chi connectivity index (χ0v) is 21.8. The number of anilines is 3. The van der Waals surface area contributed by atoms with E-state index in [0.717, 1.165) is 12.8 Å². The standard InChI is InChI=1S/C26H29F3N8O3/c1-30-18-13-20(34-37-19(14-31-21(18)37)22(38)32-15-4-5-15)33-17-3-2-10-36(23(17)39)16-6-11-35(12-7-16)24(40)25(8-9-25)26(27,28)29/h2-3,10,13-16,30H,4-9,11-12H2,1H3,(H,32,38)(H,33,34). The molecule has 0 unspecified atom stereocenters. The van der Waals surface area contributed by atoms with Crippen molar-refractivity contribution in [1.29, 1.82) is 0 Å². The Labute approximate surface area is 226 Å². The van der Waals surface area contributed by atoms with Gasteiger partial charge in [0.2, 0.25) is 5.91 Å². The largest absolute Gasteiger partial charge is 0.403 e. The SMILES string of the molecule is CNc1cc(Nc2cccn(C3CCN(C(=O)C4(C(F)(F)F)CC4)CC3)c2=O)nn2c(C(=O)NC3CC3)cnc12. The van der Waals surface area contributed by atoms with Crippen molar-refractivity contribution >= 4 is 34.7 Å². The Morgan fingerprint density at radius 1 is 1.10 bits per heavy atom. The fourth-order valence-electron chi connectivity index (χ4n) is 5.28. The van der Waals surface area contributed by atoms with E-state index in [0.29, 0.717) is 30.0 Å². The van der Waals surface area contributed by atoms with E-state index in [2.05, 4.69) is 26.0 Å². The van der Waals surface area contributed by atoms with Crippen molar-refractivity contribution in [2.24, 2.45) is 5.41 Å². The number of alkyl halides is 3. The number of pyridine rings is 1. The third kappa shape index (κ3) is 4.54. The van der Waals surface area contributed by atoms with Crippen molar-refractivity contribution in [3.05, 3.63) is 46.6 Å². The summed E-state index contributed by atoms with van der Waals surface area (Å²) < 4.78 is 43.2. The van der Waals surface area contributed by atoms with E-state index >= 15 is 0 Å². The summed E-state index contributed by atoms with van der Waals surface area (Å²) in [5.74, 6) is -0.823. The van der Waals surface area contributed by atoms with Gasteiger partial charge in [0.1, 0.15) is 11.1 Å². The Morgan fingerprint density at radius 2 is 1.82 bits per heavy atom. The summed E-state index contributed by atoms with van der Waals surface area (Å²) in [6.07, 6.45) is 0.837. The van der Waals surface area contributed by atoms with Crippen LogP contribution in [-0.4, -0.2) is 68.2 Å². The fourth-order valence-corrected chi connectivity index (χ4v) is 5.28. The van der Waals surface area contributed by atoms with Crippen molar-refractivity contribution in [2.75, 3.05) is 30.8 Å². The summed E-state index contributed by atoms with van der Waals surface area (Å²) in [6, 6.07) is 4.88. The minimum atomic E-state index is -4.54. The van der Waals surface area contributed by atoms with Crippen LogP contribution in [0.2, 0.25) is 0 Å². The van der Waals surface area contributed by atoms with E-state index in [9.17, 15) is 27.6 Å². The van der Waals surface area contributed by atoms with Crippen molar-refractivity contribution in [3.63, 3.8) is 0 Å². The molecule has 212 valence electrons. The number of fused-ring (bicyclic) bond motifs is 1. The van der Waals surface area contributed by atoms with Crippen molar-refractivity contribution in [2.45, 2.75) is 56.8 Å². The van der Waals surface area contributed by atoms with E-state index < -0.39 is 17.5 Å². The second-order valence-corrected chi connectivity index (χ2v) is 10.7. The van der Waals surface area contributed by atoms with Gasteiger partial charge in [-0.05, 0) is 50.7 Å². The molecule has 3 aliphatic rings. The molecule has 2 amide bonds. The van der Waals surface area contributed by atoms with Gasteiger partial charge in [0.15, 0.2) is 17.2 Å². The molecule has 3 fully saturated rings. The quantitative estimate of drug-likeness (QED) is 0.407. The maximum absolute atomic E-state index is 13.4. The Balaban J connectivity index is 1.20. The molecule has 0 spiro atoms. The van der Waals surface area contributed by atoms with E-state index in [1.807, 2.05) is 0 Å². The number of aromatic nitrogens is 4. The third-order valence-electron chi connectivity index (χ3n) is 7.97. The summed E-state index contributed by atoms with van der Waals surface area (Å²) in [7, 11) is 1.71. The highest BCUT2D eigenvalue weighted by Crippen LogP contribution is 2.58. The van der Waals surface area contributed by atoms with Gasteiger partial charge in [0.05, 0.1) is 11.9 Å². The van der Waals surface area contributed by atoms with Gasteiger partial charge in [-0.25, -0.2) is 9.50 Å². The molecule has 0 radical (unpaired) electrons. The number of carbonyl (C=O) groups excluding carboxylic acids is 2. The number of likely N-dealkylation sites (tertiary alicyclic amines) is 1. The molecule has 14 heteroatoms. The average molecular weight is 559 g/mol. The van der Waals surface area contributed by atoms with Crippen LogP contribution in [0.4, 0.5) is 30.4 Å². The second-order valence-electron chi connectivity index (χ2n) is 10.7. The highest BCUT2D eigenvalue weighted by atomic mass is 19.4. The summed E-state index contributed by atoms with van der Waals surface area (Å²) in [4.78, 5) is 44.3. The predicted molar refractivity (Wildman–Crippen MR) is 140 cm³/mol. The normalized spacial score (nSPS) is 18.9. The number of imidazole rings is 1. The monoisotopic (exact) mass is 558 g/mol. The number of nitrogens with one attached hydrogen (secondary N) is 3. The number of piperidine rings is 1. The van der Waals surface area contributed by atoms with Crippen LogP contribution in [0, 0.1) is 5.41 Å². The Hall–Kier alpha value is -4.10. The van der Waals surface area contributed by atoms with Crippen LogP contribution in [-0.2, 0) is 4.79 Å². The minimum absolute atomic E-state index is 0.154. The molecule has 2 saturated carbocycles. The van der Waals surface area contributed by atoms with Crippen LogP contribution in [0.25, 0.3) is 5.65 Å². The molecule has 6 rings (SSSR count). The van der Waals surface area contributed by atoms with Gasteiger partial charge >= 0.3 is 6.18 Å². The lowest BCUT2D eigenvalue weighted by molar-refractivity contribution is -0.199. The first-order chi connectivity index (χ1) is 19.1. The lowest BCUT2D eigenvalue weighted by Crippen LogP contribution is -2.48. The molecule has 40 heavy (non-hydrogen) atoms. The van der Waals surface area contributed by atoms with Crippen LogP contribution in [0.1, 0.15) is 55.1 Å². The van der Waals surface area contributed by atoms with Crippen LogP contribution in [0.3, 0.4) is 0 Å². The number of rotatable bonds is 7. The maximum Gasteiger partial charge on any atom is 0.403 e. The number of hydrogen-bond acceptors (Lipinski definition) is 7. The molecular weight excluding hydrogens is 529 g/mol. The van der Waals surface area contributed by atoms with Crippen molar-refractivity contribution in [3.8, 4) is 0 Å². The fraction of sp³-hybridized carbons (Fsp3) is 0.500. The Kier molecular flexibility index (Phi) is 6.22. The third-order valence-corrected chi connectivity index (χ3v) is 7.97. The molecule has 1 saturated heterocycles. The van der Waals surface area contributed by atoms with Crippen molar-refractivity contribution < 1.29 is 22.8 Å². The Bertz CT molecular complexity index is 1530. The van der Waals surface area contributed by atoms with Gasteiger partial charge in [-0.2, -0.15) is 13.2 Å². The molecule has 3 aromatic rings. The predicted octanol–water partition coefficient (Wildman–Crippen LogP) is 3.07. The summed E-state index contributed by atoms with van der Waals surface area (Å²) >= 11 is 0. The zero-order chi connectivity index (χ0) is 28.2. The van der Waals surface area contributed by atoms with Crippen LogP contribution in [0.15, 0.2) is 35.4 Å². The van der Waals surface area contributed by atoms with Gasteiger partial charge in [-0.1, -0.05) is 0 Å². The molecule has 1 aliphatic heterocycles. The molecule has 4 heterocycles. The van der Waals surface area contributed by atoms with Gasteiger partial charge < -0.3 is 25.4 Å². The van der Waals surface area contributed by atoms with Gasteiger partial charge in [0, 0.05) is 44.5 Å². The molecule has 0 aromatic carbocycles. The molecule has 0 bridgehead atoms. The molecule has 11 nitrogen and oxygen atoms in total. The molecule has 3 aromatic heterocycles. The van der Waals surface area contributed by atoms with Crippen molar-refractivity contribution in [1.82, 2.24) is 29.4 Å². The number of carbonyl (C=O) groups is 2. The van der Waals surface area contributed by atoms with E-state index in [1.165, 1.54) is 15.6 Å². The molecular formula is C26H29F3N8O3. The molecule has 3 N–H and O–H groups in total. The van der Waals surface area contributed by atoms with Gasteiger partial charge in [-0.15, -0.1) is 5.10 Å². The van der Waals surface area contributed by atoms with Gasteiger partial charge in [-0.3, -0.25) is 14.4 Å². The Morgan fingerprint density at radius 3 is 2.45 bits per heavy atom. The lowest BCUT2D eigenvalue weighted by Gasteiger charge is -2.35. The first kappa shape index (κ1) is 26.1.